The number of rotatable bonds is 8. The first kappa shape index (κ1) is 13.7. The lowest BCUT2D eigenvalue weighted by Crippen LogP contribution is -2.07. The Kier molecular flexibility index (Phi) is 8.43. The van der Waals surface area contributed by atoms with Crippen molar-refractivity contribution in [2.75, 3.05) is 6.61 Å². The highest BCUT2D eigenvalue weighted by molar-refractivity contribution is 5.83. The molecule has 0 aromatic rings. The first-order chi connectivity index (χ1) is 7.20. The molecule has 0 rings (SSSR count). The van der Waals surface area contributed by atoms with Crippen LogP contribution in [0.25, 0.3) is 0 Å². The molecule has 1 N–H and O–H groups in total. The van der Waals surface area contributed by atoms with Crippen LogP contribution in [-0.4, -0.2) is 24.0 Å². The zero-order valence-electron chi connectivity index (χ0n) is 9.07. The Balaban J connectivity index is 3.58. The standard InChI is InChI=1S/C11H18O4/c1-2-3-4-5-6-10(13)9-15-11(14)7-8-12/h6,8,13H,2-5,7,9H2,1H3. The molecular weight excluding hydrogens is 196 g/mol. The van der Waals surface area contributed by atoms with E-state index in [-0.39, 0.29) is 18.8 Å². The van der Waals surface area contributed by atoms with Crippen molar-refractivity contribution in [1.29, 1.82) is 0 Å². The molecule has 0 aliphatic heterocycles. The van der Waals surface area contributed by atoms with E-state index in [1.165, 1.54) is 0 Å². The molecule has 0 aliphatic rings. The van der Waals surface area contributed by atoms with E-state index in [0.717, 1.165) is 25.7 Å². The zero-order valence-corrected chi connectivity index (χ0v) is 9.07. The van der Waals surface area contributed by atoms with Crippen molar-refractivity contribution < 1.29 is 19.4 Å². The normalized spacial score (nSPS) is 11.1. The van der Waals surface area contributed by atoms with Crippen LogP contribution in [0.2, 0.25) is 0 Å². The second kappa shape index (κ2) is 9.24. The van der Waals surface area contributed by atoms with Crippen molar-refractivity contribution >= 4 is 12.3 Å². The third-order valence-electron chi connectivity index (χ3n) is 1.82. The fourth-order valence-corrected chi connectivity index (χ4v) is 1.00. The number of unbranched alkanes of at least 4 members (excludes halogenated alkanes) is 3. The van der Waals surface area contributed by atoms with E-state index in [1.807, 2.05) is 0 Å². The van der Waals surface area contributed by atoms with Crippen molar-refractivity contribution in [2.45, 2.75) is 39.0 Å². The smallest absolute Gasteiger partial charge is 0.313 e. The molecule has 0 unspecified atom stereocenters. The Hall–Kier alpha value is -1.32. The quantitative estimate of drug-likeness (QED) is 0.221. The van der Waals surface area contributed by atoms with E-state index in [2.05, 4.69) is 11.7 Å². The van der Waals surface area contributed by atoms with Gasteiger partial charge in [-0.3, -0.25) is 4.79 Å². The summed E-state index contributed by atoms with van der Waals surface area (Å²) < 4.78 is 4.61. The average Bonchev–Trinajstić information content (AvgIpc) is 2.22. The number of allylic oxidation sites excluding steroid dienone is 1. The molecule has 0 radical (unpaired) electrons. The lowest BCUT2D eigenvalue weighted by Gasteiger charge is -2.01. The molecule has 86 valence electrons. The van der Waals surface area contributed by atoms with Gasteiger partial charge in [-0.1, -0.05) is 19.8 Å². The molecule has 0 aromatic heterocycles. The Morgan fingerprint density at radius 3 is 2.73 bits per heavy atom. The van der Waals surface area contributed by atoms with Crippen molar-refractivity contribution in [3.8, 4) is 0 Å². The van der Waals surface area contributed by atoms with E-state index in [4.69, 9.17) is 0 Å². The maximum Gasteiger partial charge on any atom is 0.313 e. The van der Waals surface area contributed by atoms with Gasteiger partial charge in [0.25, 0.3) is 0 Å². The molecule has 0 amide bonds. The van der Waals surface area contributed by atoms with Gasteiger partial charge in [-0.15, -0.1) is 0 Å². The summed E-state index contributed by atoms with van der Waals surface area (Å²) in [7, 11) is 0. The van der Waals surface area contributed by atoms with Gasteiger partial charge in [0.05, 0.1) is 0 Å². The van der Waals surface area contributed by atoms with Crippen LogP contribution in [0.3, 0.4) is 0 Å². The largest absolute Gasteiger partial charge is 0.509 e. The lowest BCUT2D eigenvalue weighted by molar-refractivity contribution is -0.144. The lowest BCUT2D eigenvalue weighted by atomic mass is 10.2. The molecule has 0 heterocycles. The summed E-state index contributed by atoms with van der Waals surface area (Å²) in [6.45, 7) is 1.96. The molecule has 15 heavy (non-hydrogen) atoms. The minimum Gasteiger partial charge on any atom is -0.509 e. The molecule has 0 bridgehead atoms. The van der Waals surface area contributed by atoms with E-state index in [9.17, 15) is 14.7 Å². The molecule has 0 saturated heterocycles. The van der Waals surface area contributed by atoms with Gasteiger partial charge in [0.1, 0.15) is 25.1 Å². The van der Waals surface area contributed by atoms with Gasteiger partial charge in [0.15, 0.2) is 0 Å². The fraction of sp³-hybridized carbons (Fsp3) is 0.636. The number of aliphatic hydroxyl groups excluding tert-OH is 1. The zero-order chi connectivity index (χ0) is 11.5. The summed E-state index contributed by atoms with van der Waals surface area (Å²) in [5, 5.41) is 9.26. The van der Waals surface area contributed by atoms with Crippen LogP contribution in [0, 0.1) is 0 Å². The van der Waals surface area contributed by atoms with Crippen LogP contribution in [0.4, 0.5) is 0 Å². The molecule has 0 aromatic carbocycles. The highest BCUT2D eigenvalue weighted by Crippen LogP contribution is 2.02. The van der Waals surface area contributed by atoms with Gasteiger partial charge in [0.2, 0.25) is 0 Å². The predicted molar refractivity (Wildman–Crippen MR) is 56.5 cm³/mol. The number of carbonyl (C=O) groups excluding carboxylic acids is 2. The van der Waals surface area contributed by atoms with E-state index >= 15 is 0 Å². The molecule has 0 atom stereocenters. The number of aliphatic hydroxyl groups is 1. The highest BCUT2D eigenvalue weighted by atomic mass is 16.5. The topological polar surface area (TPSA) is 63.6 Å². The summed E-state index contributed by atoms with van der Waals surface area (Å²) in [4.78, 5) is 20.7. The second-order valence-electron chi connectivity index (χ2n) is 3.22. The minimum atomic E-state index is -0.612. The Morgan fingerprint density at radius 1 is 1.40 bits per heavy atom. The molecule has 0 fully saturated rings. The highest BCUT2D eigenvalue weighted by Gasteiger charge is 2.02. The van der Waals surface area contributed by atoms with Crippen molar-refractivity contribution in [3.63, 3.8) is 0 Å². The Bertz CT molecular complexity index is 221. The molecule has 0 aliphatic carbocycles. The summed E-state index contributed by atoms with van der Waals surface area (Å²) in [5.74, 6) is -0.566. The summed E-state index contributed by atoms with van der Waals surface area (Å²) in [6, 6.07) is 0. The minimum absolute atomic E-state index is 0.0466. The number of esters is 1. The van der Waals surface area contributed by atoms with E-state index in [1.54, 1.807) is 6.08 Å². The van der Waals surface area contributed by atoms with Gasteiger partial charge in [-0.2, -0.15) is 0 Å². The number of ether oxygens (including phenoxy) is 1. The maximum atomic E-state index is 10.7. The van der Waals surface area contributed by atoms with Crippen molar-refractivity contribution in [3.05, 3.63) is 11.8 Å². The molecular formula is C11H18O4. The van der Waals surface area contributed by atoms with Crippen LogP contribution in [0.5, 0.6) is 0 Å². The van der Waals surface area contributed by atoms with Crippen LogP contribution >= 0.6 is 0 Å². The van der Waals surface area contributed by atoms with Gasteiger partial charge >= 0.3 is 5.97 Å². The number of hydrogen-bond donors (Lipinski definition) is 1. The third-order valence-corrected chi connectivity index (χ3v) is 1.82. The Morgan fingerprint density at radius 2 is 2.13 bits per heavy atom. The summed E-state index contributed by atoms with van der Waals surface area (Å²) >= 11 is 0. The SMILES string of the molecule is CCCCCC=C(O)COC(=O)CC=O. The van der Waals surface area contributed by atoms with Gasteiger partial charge < -0.3 is 14.6 Å². The van der Waals surface area contributed by atoms with Crippen molar-refractivity contribution in [1.82, 2.24) is 0 Å². The van der Waals surface area contributed by atoms with Crippen LogP contribution in [0.1, 0.15) is 39.0 Å². The van der Waals surface area contributed by atoms with Crippen LogP contribution < -0.4 is 0 Å². The molecule has 0 spiro atoms. The van der Waals surface area contributed by atoms with Crippen LogP contribution in [-0.2, 0) is 14.3 Å². The van der Waals surface area contributed by atoms with Crippen molar-refractivity contribution in [2.24, 2.45) is 0 Å². The van der Waals surface area contributed by atoms with Crippen LogP contribution in [0.15, 0.2) is 11.8 Å². The fourth-order valence-electron chi connectivity index (χ4n) is 1.00. The predicted octanol–water partition coefficient (Wildman–Crippen LogP) is 2.14. The first-order valence-corrected chi connectivity index (χ1v) is 5.18. The number of aldehydes is 1. The van der Waals surface area contributed by atoms with Gasteiger partial charge in [-0.05, 0) is 18.9 Å². The third kappa shape index (κ3) is 9.00. The average molecular weight is 214 g/mol. The summed E-state index contributed by atoms with van der Waals surface area (Å²) in [5.41, 5.74) is 0. The molecule has 4 nitrogen and oxygen atoms in total. The van der Waals surface area contributed by atoms with E-state index in [0.29, 0.717) is 6.29 Å². The molecule has 4 heteroatoms. The first-order valence-electron chi connectivity index (χ1n) is 5.18. The number of hydrogen-bond acceptors (Lipinski definition) is 4. The Labute approximate surface area is 89.9 Å². The maximum absolute atomic E-state index is 10.7. The number of carbonyl (C=O) groups is 2. The second-order valence-corrected chi connectivity index (χ2v) is 3.22. The van der Waals surface area contributed by atoms with E-state index < -0.39 is 5.97 Å². The van der Waals surface area contributed by atoms with Gasteiger partial charge in [-0.25, -0.2) is 0 Å². The monoisotopic (exact) mass is 214 g/mol. The summed E-state index contributed by atoms with van der Waals surface area (Å²) in [6.07, 6.45) is 5.91. The van der Waals surface area contributed by atoms with Gasteiger partial charge in [0, 0.05) is 0 Å². The molecule has 0 saturated carbocycles.